The summed E-state index contributed by atoms with van der Waals surface area (Å²) in [6.45, 7) is 0. The average Bonchev–Trinajstić information content (AvgIpc) is 1.83. The van der Waals surface area contributed by atoms with Crippen LogP contribution < -0.4 is 5.32 Å². The average molecular weight is 116 g/mol. The number of carbonyl (C=O) groups is 1. The van der Waals surface area contributed by atoms with Gasteiger partial charge in [-0.3, -0.25) is 4.79 Å². The molecule has 0 aliphatic carbocycles. The monoisotopic (exact) mass is 116 g/mol. The fraction of sp³-hybridized carbons (Fsp3) is 0.500. The Bertz CT molecular complexity index is 100. The lowest BCUT2D eigenvalue weighted by Gasteiger charge is -1.86. The molecule has 1 amide bonds. The van der Waals surface area contributed by atoms with Crippen LogP contribution in [0.2, 0.25) is 0 Å². The van der Waals surface area contributed by atoms with E-state index in [0.29, 0.717) is 0 Å². The highest BCUT2D eigenvalue weighted by Gasteiger charge is 1.85. The van der Waals surface area contributed by atoms with Crippen LogP contribution in [-0.4, -0.2) is 26.3 Å². The minimum Gasteiger partial charge on any atom is -0.399 e. The number of nitrogens with zero attached hydrogens (tertiary/aromatic N) is 1. The van der Waals surface area contributed by atoms with Crippen molar-refractivity contribution in [3.63, 3.8) is 0 Å². The van der Waals surface area contributed by atoms with E-state index in [2.05, 4.69) is 15.3 Å². The van der Waals surface area contributed by atoms with E-state index in [-0.39, 0.29) is 5.91 Å². The van der Waals surface area contributed by atoms with Gasteiger partial charge in [0.25, 0.3) is 5.91 Å². The van der Waals surface area contributed by atoms with E-state index in [0.717, 1.165) is 6.21 Å². The number of carbonyl (C=O) groups excluding carboxylic acids is 1. The van der Waals surface area contributed by atoms with Crippen molar-refractivity contribution >= 4 is 12.1 Å². The van der Waals surface area contributed by atoms with Crippen LogP contribution in [0.5, 0.6) is 0 Å². The molecule has 0 saturated carbocycles. The lowest BCUT2D eigenvalue weighted by molar-refractivity contribution is -0.114. The summed E-state index contributed by atoms with van der Waals surface area (Å²) in [7, 11) is 2.89. The summed E-state index contributed by atoms with van der Waals surface area (Å²) < 4.78 is 0. The van der Waals surface area contributed by atoms with Gasteiger partial charge in [0.2, 0.25) is 0 Å². The second-order valence-electron chi connectivity index (χ2n) is 1.03. The first-order chi connectivity index (χ1) is 3.81. The van der Waals surface area contributed by atoms with E-state index < -0.39 is 0 Å². The number of oxime groups is 1. The van der Waals surface area contributed by atoms with Gasteiger partial charge in [-0.2, -0.15) is 0 Å². The van der Waals surface area contributed by atoms with Crippen LogP contribution in [0.1, 0.15) is 0 Å². The summed E-state index contributed by atoms with van der Waals surface area (Å²) >= 11 is 0. The second kappa shape index (κ2) is 4.11. The second-order valence-corrected chi connectivity index (χ2v) is 1.03. The van der Waals surface area contributed by atoms with E-state index in [1.165, 1.54) is 14.2 Å². The van der Waals surface area contributed by atoms with Crippen LogP contribution in [0.25, 0.3) is 0 Å². The quantitative estimate of drug-likeness (QED) is 0.385. The standard InChI is InChI=1S/C4H8N2O2/c1-5-4(7)3-6-8-2/h3H,1-2H3,(H,5,7). The molecule has 0 atom stereocenters. The minimum atomic E-state index is -0.271. The smallest absolute Gasteiger partial charge is 0.265 e. The Morgan fingerprint density at radius 1 is 1.88 bits per heavy atom. The molecule has 0 unspecified atom stereocenters. The lowest BCUT2D eigenvalue weighted by atomic mass is 10.7. The van der Waals surface area contributed by atoms with Crippen molar-refractivity contribution in [2.75, 3.05) is 14.2 Å². The molecule has 4 nitrogen and oxygen atoms in total. The molecule has 8 heavy (non-hydrogen) atoms. The molecule has 0 aliphatic heterocycles. The molecule has 0 spiro atoms. The lowest BCUT2D eigenvalue weighted by Crippen LogP contribution is -2.18. The fourth-order valence-corrected chi connectivity index (χ4v) is 0.165. The summed E-state index contributed by atoms with van der Waals surface area (Å²) in [6.07, 6.45) is 1.06. The van der Waals surface area contributed by atoms with Gasteiger partial charge in [-0.25, -0.2) is 0 Å². The molecule has 0 bridgehead atoms. The molecule has 0 rings (SSSR count). The van der Waals surface area contributed by atoms with Crippen molar-refractivity contribution in [1.82, 2.24) is 5.32 Å². The molecule has 0 fully saturated rings. The van der Waals surface area contributed by atoms with Gasteiger partial charge >= 0.3 is 0 Å². The van der Waals surface area contributed by atoms with Crippen LogP contribution in [-0.2, 0) is 9.63 Å². The SMILES string of the molecule is CNC(=O)C=NOC. The van der Waals surface area contributed by atoms with Crippen molar-refractivity contribution in [1.29, 1.82) is 0 Å². The van der Waals surface area contributed by atoms with Gasteiger partial charge in [0.1, 0.15) is 13.3 Å². The van der Waals surface area contributed by atoms with Gasteiger partial charge in [-0.05, 0) is 0 Å². The highest BCUT2D eigenvalue weighted by molar-refractivity contribution is 6.25. The Morgan fingerprint density at radius 3 is 2.88 bits per heavy atom. The van der Waals surface area contributed by atoms with Crippen LogP contribution in [0, 0.1) is 0 Å². The van der Waals surface area contributed by atoms with E-state index >= 15 is 0 Å². The largest absolute Gasteiger partial charge is 0.399 e. The van der Waals surface area contributed by atoms with E-state index in [1.807, 2.05) is 0 Å². The van der Waals surface area contributed by atoms with Crippen molar-refractivity contribution in [3.05, 3.63) is 0 Å². The summed E-state index contributed by atoms with van der Waals surface area (Å²) in [5.41, 5.74) is 0. The minimum absolute atomic E-state index is 0.271. The molecule has 4 heteroatoms. The molecule has 0 aromatic rings. The highest BCUT2D eigenvalue weighted by atomic mass is 16.6. The third-order valence-electron chi connectivity index (χ3n) is 0.522. The van der Waals surface area contributed by atoms with Crippen LogP contribution >= 0.6 is 0 Å². The van der Waals surface area contributed by atoms with Crippen molar-refractivity contribution in [2.45, 2.75) is 0 Å². The summed E-state index contributed by atoms with van der Waals surface area (Å²) in [6, 6.07) is 0. The first-order valence-electron chi connectivity index (χ1n) is 2.09. The van der Waals surface area contributed by atoms with Crippen molar-refractivity contribution in [2.24, 2.45) is 5.16 Å². The third kappa shape index (κ3) is 3.14. The molecule has 0 aromatic carbocycles. The van der Waals surface area contributed by atoms with Gasteiger partial charge in [0, 0.05) is 7.05 Å². The van der Waals surface area contributed by atoms with E-state index in [1.54, 1.807) is 0 Å². The highest BCUT2D eigenvalue weighted by Crippen LogP contribution is 1.61. The molecule has 46 valence electrons. The number of nitrogens with one attached hydrogen (secondary N) is 1. The Morgan fingerprint density at radius 2 is 2.50 bits per heavy atom. The van der Waals surface area contributed by atoms with Crippen molar-refractivity contribution < 1.29 is 9.63 Å². The Kier molecular flexibility index (Phi) is 3.56. The molecule has 0 heterocycles. The summed E-state index contributed by atoms with van der Waals surface area (Å²) in [4.78, 5) is 14.5. The molecule has 0 radical (unpaired) electrons. The zero-order valence-electron chi connectivity index (χ0n) is 4.84. The first kappa shape index (κ1) is 6.94. The van der Waals surface area contributed by atoms with Crippen LogP contribution in [0.4, 0.5) is 0 Å². The van der Waals surface area contributed by atoms with Gasteiger partial charge in [-0.15, -0.1) is 0 Å². The maximum atomic E-state index is 10.2. The van der Waals surface area contributed by atoms with E-state index in [4.69, 9.17) is 0 Å². The predicted octanol–water partition coefficient (Wildman–Crippen LogP) is -0.635. The zero-order chi connectivity index (χ0) is 6.41. The maximum Gasteiger partial charge on any atom is 0.265 e. The third-order valence-corrected chi connectivity index (χ3v) is 0.522. The van der Waals surface area contributed by atoms with Gasteiger partial charge < -0.3 is 10.2 Å². The Hall–Kier alpha value is -1.06. The fourth-order valence-electron chi connectivity index (χ4n) is 0.165. The molecule has 1 N–H and O–H groups in total. The van der Waals surface area contributed by atoms with Crippen LogP contribution in [0.3, 0.4) is 0 Å². The van der Waals surface area contributed by atoms with E-state index in [9.17, 15) is 4.79 Å². The maximum absolute atomic E-state index is 10.2. The van der Waals surface area contributed by atoms with Gasteiger partial charge in [-0.1, -0.05) is 5.16 Å². The summed E-state index contributed by atoms with van der Waals surface area (Å²) in [5, 5.41) is 5.54. The topological polar surface area (TPSA) is 50.7 Å². The number of hydrogen-bond donors (Lipinski definition) is 1. The Labute approximate surface area is 47.5 Å². The van der Waals surface area contributed by atoms with Gasteiger partial charge in [0.15, 0.2) is 0 Å². The number of hydrogen-bond acceptors (Lipinski definition) is 3. The normalized spacial score (nSPS) is 9.25. The van der Waals surface area contributed by atoms with Crippen molar-refractivity contribution in [3.8, 4) is 0 Å². The van der Waals surface area contributed by atoms with Gasteiger partial charge in [0.05, 0.1) is 0 Å². The van der Waals surface area contributed by atoms with Crippen LogP contribution in [0.15, 0.2) is 5.16 Å². The Balaban J connectivity index is 3.37. The first-order valence-corrected chi connectivity index (χ1v) is 2.09. The number of rotatable bonds is 2. The molecule has 0 saturated heterocycles. The zero-order valence-corrected chi connectivity index (χ0v) is 4.84. The molecule has 0 aliphatic rings. The predicted molar refractivity (Wildman–Crippen MR) is 29.6 cm³/mol. The summed E-state index contributed by atoms with van der Waals surface area (Å²) in [5.74, 6) is -0.271. The molecular formula is C4H8N2O2. The molecular weight excluding hydrogens is 108 g/mol. The molecule has 0 aromatic heterocycles. The number of amides is 1.